The zero-order valence-corrected chi connectivity index (χ0v) is 20.2. The average Bonchev–Trinajstić information content (AvgIpc) is 3.46. The molecule has 0 aromatic heterocycles. The molecule has 4 saturated heterocycles. The lowest BCUT2D eigenvalue weighted by Gasteiger charge is -2.66. The normalized spacial score (nSPS) is 40.2. The Morgan fingerprint density at radius 2 is 1.91 bits per heavy atom. The number of phenols is 1. The fourth-order valence-electron chi connectivity index (χ4n) is 9.52. The van der Waals surface area contributed by atoms with Gasteiger partial charge in [0, 0.05) is 35.5 Å². The number of rotatable bonds is 4. The van der Waals surface area contributed by atoms with Crippen LogP contribution in [0.5, 0.6) is 11.5 Å². The lowest BCUT2D eigenvalue weighted by atomic mass is 9.42. The predicted molar refractivity (Wildman–Crippen MR) is 128 cm³/mol. The van der Waals surface area contributed by atoms with Crippen LogP contribution >= 0.6 is 0 Å². The van der Waals surface area contributed by atoms with Gasteiger partial charge in [-0.3, -0.25) is 14.6 Å². The van der Waals surface area contributed by atoms with Crippen molar-refractivity contribution < 1.29 is 14.6 Å². The van der Waals surface area contributed by atoms with Crippen molar-refractivity contribution in [3.05, 3.63) is 23.3 Å². The molecule has 1 amide bonds. The SMILES string of the molecule is O=C(CN1CCCC1)N1CC[C@@]23CC[C@@H]1[C@@H]1Oc4c(O)ccc5c4[C@@]12CCN(CC1CC1)[C@@H]3C5. The molecule has 6 fully saturated rings. The fraction of sp³-hybridized carbons (Fsp3) is 0.750. The van der Waals surface area contributed by atoms with E-state index < -0.39 is 0 Å². The summed E-state index contributed by atoms with van der Waals surface area (Å²) in [5, 5.41) is 10.9. The monoisotopic (exact) mass is 463 g/mol. The van der Waals surface area contributed by atoms with E-state index in [9.17, 15) is 9.90 Å². The van der Waals surface area contributed by atoms with Gasteiger partial charge in [0.05, 0.1) is 12.6 Å². The second kappa shape index (κ2) is 6.91. The molecule has 34 heavy (non-hydrogen) atoms. The maximum Gasteiger partial charge on any atom is 0.237 e. The first-order valence-electron chi connectivity index (χ1n) is 13.9. The van der Waals surface area contributed by atoms with Gasteiger partial charge in [-0.1, -0.05) is 6.07 Å². The minimum absolute atomic E-state index is 0.0146. The molecule has 0 radical (unpaired) electrons. The first-order chi connectivity index (χ1) is 16.6. The molecule has 9 rings (SSSR count). The van der Waals surface area contributed by atoms with Crippen LogP contribution in [0.4, 0.5) is 0 Å². The fourth-order valence-corrected chi connectivity index (χ4v) is 9.52. The van der Waals surface area contributed by atoms with Gasteiger partial charge in [0.1, 0.15) is 6.10 Å². The summed E-state index contributed by atoms with van der Waals surface area (Å²) in [4.78, 5) is 21.1. The summed E-state index contributed by atoms with van der Waals surface area (Å²) in [6.07, 6.45) is 10.7. The minimum atomic E-state index is -0.0506. The number of phenolic OH excluding ortho intramolecular Hbond substituents is 1. The van der Waals surface area contributed by atoms with E-state index in [-0.39, 0.29) is 23.0 Å². The zero-order valence-electron chi connectivity index (χ0n) is 20.2. The van der Waals surface area contributed by atoms with Crippen LogP contribution in [-0.2, 0) is 16.6 Å². The van der Waals surface area contributed by atoms with Gasteiger partial charge < -0.3 is 14.7 Å². The third-order valence-corrected chi connectivity index (χ3v) is 11.1. The van der Waals surface area contributed by atoms with E-state index in [1.807, 2.05) is 6.07 Å². The van der Waals surface area contributed by atoms with Crippen molar-refractivity contribution in [2.24, 2.45) is 11.3 Å². The summed E-state index contributed by atoms with van der Waals surface area (Å²) in [6, 6.07) is 4.69. The average molecular weight is 464 g/mol. The Balaban J connectivity index is 1.24. The molecule has 6 heteroatoms. The van der Waals surface area contributed by atoms with Crippen molar-refractivity contribution in [1.82, 2.24) is 14.7 Å². The van der Waals surface area contributed by atoms with Gasteiger partial charge in [-0.25, -0.2) is 0 Å². The topological polar surface area (TPSA) is 56.3 Å². The molecule has 2 saturated carbocycles. The third-order valence-electron chi connectivity index (χ3n) is 11.1. The highest BCUT2D eigenvalue weighted by atomic mass is 16.5. The van der Waals surface area contributed by atoms with E-state index in [1.165, 1.54) is 49.8 Å². The van der Waals surface area contributed by atoms with Gasteiger partial charge >= 0.3 is 0 Å². The van der Waals surface area contributed by atoms with Gasteiger partial charge in [-0.15, -0.1) is 0 Å². The van der Waals surface area contributed by atoms with Gasteiger partial charge in [0.25, 0.3) is 0 Å². The maximum atomic E-state index is 13.7. The number of nitrogens with zero attached hydrogens (tertiary/aromatic N) is 3. The van der Waals surface area contributed by atoms with E-state index in [1.54, 1.807) is 0 Å². The number of hydrogen-bond donors (Lipinski definition) is 1. The number of aromatic hydroxyl groups is 1. The van der Waals surface area contributed by atoms with E-state index >= 15 is 0 Å². The number of likely N-dealkylation sites (tertiary alicyclic amines) is 2. The molecule has 1 N–H and O–H groups in total. The third kappa shape index (κ3) is 2.47. The predicted octanol–water partition coefficient (Wildman–Crippen LogP) is 2.91. The van der Waals surface area contributed by atoms with Gasteiger partial charge in [-0.05, 0) is 95.0 Å². The van der Waals surface area contributed by atoms with Crippen LogP contribution in [0.3, 0.4) is 0 Å². The first kappa shape index (κ1) is 20.4. The smallest absolute Gasteiger partial charge is 0.237 e. The molecule has 1 aromatic rings. The summed E-state index contributed by atoms with van der Waals surface area (Å²) in [6.45, 7) is 5.92. The number of benzene rings is 1. The number of piperidine rings is 1. The first-order valence-corrected chi connectivity index (χ1v) is 13.9. The summed E-state index contributed by atoms with van der Waals surface area (Å²) in [5.74, 6) is 2.23. The van der Waals surface area contributed by atoms with Gasteiger partial charge in [0.2, 0.25) is 5.91 Å². The Hall–Kier alpha value is -1.79. The van der Waals surface area contributed by atoms with Crippen molar-refractivity contribution in [1.29, 1.82) is 0 Å². The van der Waals surface area contributed by atoms with Crippen LogP contribution in [0.25, 0.3) is 0 Å². The summed E-state index contributed by atoms with van der Waals surface area (Å²) < 4.78 is 6.82. The molecule has 5 heterocycles. The molecule has 5 atom stereocenters. The highest BCUT2D eigenvalue weighted by molar-refractivity contribution is 5.79. The van der Waals surface area contributed by atoms with E-state index in [0.717, 1.165) is 63.5 Å². The maximum absolute atomic E-state index is 13.7. The Bertz CT molecular complexity index is 1050. The Morgan fingerprint density at radius 3 is 2.74 bits per heavy atom. The zero-order chi connectivity index (χ0) is 22.7. The molecule has 5 aliphatic heterocycles. The van der Waals surface area contributed by atoms with Crippen molar-refractivity contribution in [3.63, 3.8) is 0 Å². The van der Waals surface area contributed by atoms with Crippen molar-refractivity contribution >= 4 is 5.91 Å². The number of ether oxygens (including phenoxy) is 1. The standard InChI is InChI=1S/C28H37N3O3/c32-21-6-5-19-15-22-27-8-7-20(31(14-9-27)23(33)17-29-11-1-2-12-29)26-28(27,24(19)25(21)34-26)10-13-30(22)16-18-3-4-18/h5-6,18,20,22,26,32H,1-4,7-17H2/t20-,22-,26+,27-,28+/m1/s1. The Kier molecular flexibility index (Phi) is 4.15. The van der Waals surface area contributed by atoms with Crippen LogP contribution in [0.1, 0.15) is 62.5 Å². The molecule has 0 unspecified atom stereocenters. The van der Waals surface area contributed by atoms with E-state index in [4.69, 9.17) is 4.74 Å². The molecule has 3 aliphatic carbocycles. The van der Waals surface area contributed by atoms with Gasteiger partial charge in [-0.2, -0.15) is 0 Å². The lowest BCUT2D eigenvalue weighted by Crippen LogP contribution is -2.72. The molecule has 6 nitrogen and oxygen atoms in total. The molecule has 8 aliphatic rings. The van der Waals surface area contributed by atoms with Crippen LogP contribution in [0, 0.1) is 11.3 Å². The number of carbonyl (C=O) groups excluding carboxylic acids is 1. The Labute approximate surface area is 202 Å². The largest absolute Gasteiger partial charge is 0.504 e. The van der Waals surface area contributed by atoms with E-state index in [2.05, 4.69) is 20.8 Å². The highest BCUT2D eigenvalue weighted by Crippen LogP contribution is 2.71. The summed E-state index contributed by atoms with van der Waals surface area (Å²) in [7, 11) is 0. The summed E-state index contributed by atoms with van der Waals surface area (Å²) in [5.41, 5.74) is 2.83. The van der Waals surface area contributed by atoms with E-state index in [0.29, 0.717) is 24.2 Å². The summed E-state index contributed by atoms with van der Waals surface area (Å²) >= 11 is 0. The number of fused-ring (bicyclic) bond motifs is 3. The lowest BCUT2D eigenvalue weighted by molar-refractivity contribution is -0.144. The second-order valence-electron chi connectivity index (χ2n) is 12.4. The number of hydrogen-bond acceptors (Lipinski definition) is 5. The van der Waals surface area contributed by atoms with Crippen molar-refractivity contribution in [3.8, 4) is 11.5 Å². The molecule has 4 bridgehead atoms. The van der Waals surface area contributed by atoms with Gasteiger partial charge in [0.15, 0.2) is 11.5 Å². The number of amides is 1. The number of carbonyl (C=O) groups is 1. The van der Waals surface area contributed by atoms with Crippen LogP contribution in [0.2, 0.25) is 0 Å². The molecule has 1 aromatic carbocycles. The minimum Gasteiger partial charge on any atom is -0.504 e. The molecule has 2 spiro atoms. The molecular weight excluding hydrogens is 426 g/mol. The van der Waals surface area contributed by atoms with Crippen LogP contribution in [-0.4, -0.2) is 83.2 Å². The molecule has 182 valence electrons. The molecular formula is C28H37N3O3. The quantitative estimate of drug-likeness (QED) is 0.744. The Morgan fingerprint density at radius 1 is 1.06 bits per heavy atom. The second-order valence-corrected chi connectivity index (χ2v) is 12.4. The van der Waals surface area contributed by atoms with Crippen LogP contribution < -0.4 is 4.74 Å². The van der Waals surface area contributed by atoms with Crippen molar-refractivity contribution in [2.45, 2.75) is 81.4 Å². The van der Waals surface area contributed by atoms with Crippen molar-refractivity contribution in [2.75, 3.05) is 39.3 Å². The highest BCUT2D eigenvalue weighted by Gasteiger charge is 2.74. The van der Waals surface area contributed by atoms with Crippen LogP contribution in [0.15, 0.2) is 12.1 Å².